The third-order valence-electron chi connectivity index (χ3n) is 1.66. The predicted octanol–water partition coefficient (Wildman–Crippen LogP) is 1.30. The lowest BCUT2D eigenvalue weighted by Gasteiger charge is -2.07. The van der Waals surface area contributed by atoms with Crippen LogP contribution in [0.1, 0.15) is 23.7 Å². The molecule has 1 heterocycles. The van der Waals surface area contributed by atoms with Gasteiger partial charge in [0, 0.05) is 17.9 Å². The Balaban J connectivity index is 2.82. The first-order chi connectivity index (χ1) is 5.74. The van der Waals surface area contributed by atoms with Crippen LogP contribution in [0.25, 0.3) is 0 Å². The molecule has 0 amide bonds. The highest BCUT2D eigenvalue weighted by Crippen LogP contribution is 2.12. The smallest absolute Gasteiger partial charge is 0.0641 e. The van der Waals surface area contributed by atoms with Gasteiger partial charge in [0.25, 0.3) is 0 Å². The van der Waals surface area contributed by atoms with Gasteiger partial charge in [-0.15, -0.1) is 0 Å². The van der Waals surface area contributed by atoms with Crippen molar-refractivity contribution in [2.24, 2.45) is 5.73 Å². The fourth-order valence-corrected chi connectivity index (χ4v) is 1.01. The number of aryl methyl sites for hydroxylation is 1. The molecule has 3 nitrogen and oxygen atoms in total. The van der Waals surface area contributed by atoms with Gasteiger partial charge in [-0.1, -0.05) is 0 Å². The van der Waals surface area contributed by atoms with E-state index in [1.54, 1.807) is 6.20 Å². The summed E-state index contributed by atoms with van der Waals surface area (Å²) < 4.78 is 0. The Labute approximate surface area is 71.8 Å². The van der Waals surface area contributed by atoms with Crippen LogP contribution in [0, 0.1) is 18.3 Å². The van der Waals surface area contributed by atoms with E-state index in [4.69, 9.17) is 11.0 Å². The van der Waals surface area contributed by atoms with E-state index in [0.717, 1.165) is 11.3 Å². The number of hydrogen-bond donors (Lipinski definition) is 1. The van der Waals surface area contributed by atoms with Gasteiger partial charge in [-0.05, 0) is 24.6 Å². The molecule has 0 saturated carbocycles. The molecule has 0 aliphatic rings. The lowest BCUT2D eigenvalue weighted by molar-refractivity contribution is 0.745. The number of hydrogen-bond acceptors (Lipinski definition) is 3. The number of pyridine rings is 1. The van der Waals surface area contributed by atoms with Crippen molar-refractivity contribution in [3.05, 3.63) is 29.6 Å². The van der Waals surface area contributed by atoms with Crippen LogP contribution in [-0.2, 0) is 0 Å². The highest BCUT2D eigenvalue weighted by Gasteiger charge is 2.04. The van der Waals surface area contributed by atoms with Gasteiger partial charge in [0.2, 0.25) is 0 Å². The van der Waals surface area contributed by atoms with Crippen molar-refractivity contribution in [1.82, 2.24) is 4.98 Å². The van der Waals surface area contributed by atoms with E-state index in [9.17, 15) is 0 Å². The zero-order valence-corrected chi connectivity index (χ0v) is 6.99. The summed E-state index contributed by atoms with van der Waals surface area (Å²) in [4.78, 5) is 4.04. The van der Waals surface area contributed by atoms with Crippen molar-refractivity contribution in [1.29, 1.82) is 5.26 Å². The largest absolute Gasteiger partial charge is 0.323 e. The molecule has 1 atom stereocenters. The van der Waals surface area contributed by atoms with E-state index >= 15 is 0 Å². The van der Waals surface area contributed by atoms with Crippen molar-refractivity contribution in [2.75, 3.05) is 0 Å². The lowest BCUT2D eigenvalue weighted by atomic mass is 10.1. The van der Waals surface area contributed by atoms with E-state index in [-0.39, 0.29) is 6.04 Å². The summed E-state index contributed by atoms with van der Waals surface area (Å²) in [6.07, 6.45) is 2.06. The third kappa shape index (κ3) is 2.04. The number of rotatable bonds is 2. The first-order valence-corrected chi connectivity index (χ1v) is 3.79. The van der Waals surface area contributed by atoms with Gasteiger partial charge in [-0.3, -0.25) is 4.98 Å². The second kappa shape index (κ2) is 3.84. The molecule has 0 aliphatic carbocycles. The molecule has 1 aromatic heterocycles. The average Bonchev–Trinajstić information content (AvgIpc) is 2.05. The Morgan fingerprint density at radius 2 is 2.50 bits per heavy atom. The molecule has 2 N–H and O–H groups in total. The Kier molecular flexibility index (Phi) is 2.78. The predicted molar refractivity (Wildman–Crippen MR) is 46.1 cm³/mol. The zero-order valence-electron chi connectivity index (χ0n) is 6.99. The van der Waals surface area contributed by atoms with Crippen molar-refractivity contribution < 1.29 is 0 Å². The molecule has 62 valence electrons. The first-order valence-electron chi connectivity index (χ1n) is 3.79. The van der Waals surface area contributed by atoms with Gasteiger partial charge >= 0.3 is 0 Å². The molecule has 0 aliphatic heterocycles. The van der Waals surface area contributed by atoms with Gasteiger partial charge in [0.15, 0.2) is 0 Å². The van der Waals surface area contributed by atoms with Crippen LogP contribution in [0.4, 0.5) is 0 Å². The minimum Gasteiger partial charge on any atom is -0.323 e. The second-order valence-electron chi connectivity index (χ2n) is 2.70. The maximum absolute atomic E-state index is 8.42. The van der Waals surface area contributed by atoms with Crippen LogP contribution in [0.2, 0.25) is 0 Å². The summed E-state index contributed by atoms with van der Waals surface area (Å²) in [6, 6.07) is 5.60. The molecule has 0 saturated heterocycles. The van der Waals surface area contributed by atoms with Gasteiger partial charge in [0.1, 0.15) is 0 Å². The topological polar surface area (TPSA) is 62.7 Å². The fourth-order valence-electron chi connectivity index (χ4n) is 1.01. The van der Waals surface area contributed by atoms with Gasteiger partial charge < -0.3 is 5.73 Å². The Bertz CT molecular complexity index is 301. The maximum atomic E-state index is 8.42. The third-order valence-corrected chi connectivity index (χ3v) is 1.66. The minimum absolute atomic E-state index is 0.184. The normalized spacial score (nSPS) is 12.1. The molecule has 0 fully saturated rings. The van der Waals surface area contributed by atoms with Crippen molar-refractivity contribution in [3.8, 4) is 6.07 Å². The second-order valence-corrected chi connectivity index (χ2v) is 2.70. The van der Waals surface area contributed by atoms with Crippen LogP contribution in [-0.4, -0.2) is 4.98 Å². The molecule has 0 bridgehead atoms. The quantitative estimate of drug-likeness (QED) is 0.711. The molecular weight excluding hydrogens is 150 g/mol. The summed E-state index contributed by atoms with van der Waals surface area (Å²) in [5.74, 6) is 0. The minimum atomic E-state index is -0.184. The maximum Gasteiger partial charge on any atom is 0.0641 e. The summed E-state index contributed by atoms with van der Waals surface area (Å²) >= 11 is 0. The van der Waals surface area contributed by atoms with E-state index in [0.29, 0.717) is 6.42 Å². The van der Waals surface area contributed by atoms with Crippen molar-refractivity contribution in [3.63, 3.8) is 0 Å². The SMILES string of the molecule is Cc1cc([C@@H](N)CC#N)ccn1. The monoisotopic (exact) mass is 161 g/mol. The molecule has 12 heavy (non-hydrogen) atoms. The summed E-state index contributed by atoms with van der Waals surface area (Å²) in [5.41, 5.74) is 7.63. The Hall–Kier alpha value is -1.40. The van der Waals surface area contributed by atoms with E-state index in [1.807, 2.05) is 25.1 Å². The van der Waals surface area contributed by atoms with Crippen LogP contribution in [0.5, 0.6) is 0 Å². The lowest BCUT2D eigenvalue weighted by Crippen LogP contribution is -2.09. The molecule has 0 spiro atoms. The Morgan fingerprint density at radius 3 is 3.08 bits per heavy atom. The van der Waals surface area contributed by atoms with Crippen molar-refractivity contribution >= 4 is 0 Å². The molecule has 0 radical (unpaired) electrons. The van der Waals surface area contributed by atoms with Crippen LogP contribution >= 0.6 is 0 Å². The number of nitriles is 1. The van der Waals surface area contributed by atoms with Crippen molar-refractivity contribution in [2.45, 2.75) is 19.4 Å². The standard InChI is InChI=1S/C9H11N3/c1-7-6-8(3-5-12-7)9(11)2-4-10/h3,5-6,9H,2,11H2,1H3/t9-/m0/s1. The van der Waals surface area contributed by atoms with Crippen LogP contribution in [0.3, 0.4) is 0 Å². The Morgan fingerprint density at radius 1 is 1.75 bits per heavy atom. The van der Waals surface area contributed by atoms with Gasteiger partial charge in [0.05, 0.1) is 12.5 Å². The highest BCUT2D eigenvalue weighted by molar-refractivity contribution is 5.19. The molecular formula is C9H11N3. The molecule has 1 rings (SSSR count). The first kappa shape index (κ1) is 8.69. The molecule has 1 aromatic rings. The molecule has 3 heteroatoms. The summed E-state index contributed by atoms with van der Waals surface area (Å²) in [5, 5.41) is 8.42. The van der Waals surface area contributed by atoms with Crippen LogP contribution < -0.4 is 5.73 Å². The number of nitrogens with two attached hydrogens (primary N) is 1. The number of aromatic nitrogens is 1. The average molecular weight is 161 g/mol. The van der Waals surface area contributed by atoms with E-state index in [1.165, 1.54) is 0 Å². The van der Waals surface area contributed by atoms with Crippen LogP contribution in [0.15, 0.2) is 18.3 Å². The summed E-state index contributed by atoms with van der Waals surface area (Å²) in [7, 11) is 0. The zero-order chi connectivity index (χ0) is 8.97. The highest BCUT2D eigenvalue weighted by atomic mass is 14.7. The van der Waals surface area contributed by atoms with E-state index < -0.39 is 0 Å². The van der Waals surface area contributed by atoms with Gasteiger partial charge in [-0.25, -0.2) is 0 Å². The van der Waals surface area contributed by atoms with Gasteiger partial charge in [-0.2, -0.15) is 5.26 Å². The number of nitrogens with zero attached hydrogens (tertiary/aromatic N) is 2. The fraction of sp³-hybridized carbons (Fsp3) is 0.333. The molecule has 0 aromatic carbocycles. The summed E-state index contributed by atoms with van der Waals surface area (Å²) in [6.45, 7) is 1.91. The molecule has 0 unspecified atom stereocenters. The van der Waals surface area contributed by atoms with E-state index in [2.05, 4.69) is 4.98 Å².